The van der Waals surface area contributed by atoms with Crippen molar-refractivity contribution >= 4 is 11.9 Å². The molecule has 1 N–H and O–H groups in total. The third-order valence-corrected chi connectivity index (χ3v) is 3.80. The summed E-state index contributed by atoms with van der Waals surface area (Å²) in [5, 5.41) is 8.78. The molecule has 0 saturated carbocycles. The van der Waals surface area contributed by atoms with Crippen LogP contribution in [0.2, 0.25) is 0 Å². The van der Waals surface area contributed by atoms with Crippen LogP contribution in [0, 0.1) is 0 Å². The van der Waals surface area contributed by atoms with E-state index in [0.29, 0.717) is 19.3 Å². The van der Waals surface area contributed by atoms with Crippen LogP contribution in [0.4, 0.5) is 0 Å². The number of furan rings is 1. The summed E-state index contributed by atoms with van der Waals surface area (Å²) in [6, 6.07) is 3.77. The lowest BCUT2D eigenvalue weighted by atomic mass is 9.97. The van der Waals surface area contributed by atoms with Gasteiger partial charge in [-0.15, -0.1) is 0 Å². The van der Waals surface area contributed by atoms with Crippen LogP contribution in [0.5, 0.6) is 0 Å². The Morgan fingerprint density at radius 1 is 1.35 bits per heavy atom. The number of carbonyl (C=O) groups excluding carboxylic acids is 1. The molecular weight excluding hydrogens is 258 g/mol. The summed E-state index contributed by atoms with van der Waals surface area (Å²) < 4.78 is 5.23. The van der Waals surface area contributed by atoms with Crippen molar-refractivity contribution < 1.29 is 19.1 Å². The van der Waals surface area contributed by atoms with E-state index in [2.05, 4.69) is 0 Å². The predicted molar refractivity (Wildman–Crippen MR) is 73.3 cm³/mol. The maximum atomic E-state index is 12.3. The minimum Gasteiger partial charge on any atom is -0.481 e. The number of aryl methyl sites for hydroxylation is 1. The molecule has 1 aliphatic rings. The first kappa shape index (κ1) is 14.6. The van der Waals surface area contributed by atoms with Gasteiger partial charge in [-0.2, -0.15) is 0 Å². The highest BCUT2D eigenvalue weighted by atomic mass is 16.4. The molecule has 110 valence electrons. The van der Waals surface area contributed by atoms with Crippen molar-refractivity contribution in [1.82, 2.24) is 4.90 Å². The van der Waals surface area contributed by atoms with Crippen molar-refractivity contribution in [2.75, 3.05) is 6.54 Å². The van der Waals surface area contributed by atoms with Gasteiger partial charge in [0, 0.05) is 31.8 Å². The summed E-state index contributed by atoms with van der Waals surface area (Å²) in [4.78, 5) is 24.8. The van der Waals surface area contributed by atoms with Gasteiger partial charge in [0.2, 0.25) is 5.91 Å². The smallest absolute Gasteiger partial charge is 0.303 e. The number of aliphatic carboxylic acids is 1. The lowest BCUT2D eigenvalue weighted by Gasteiger charge is -2.35. The molecule has 0 radical (unpaired) electrons. The van der Waals surface area contributed by atoms with Crippen molar-refractivity contribution in [3.63, 3.8) is 0 Å². The highest BCUT2D eigenvalue weighted by Gasteiger charge is 2.26. The minimum absolute atomic E-state index is 0.0870. The first-order valence-electron chi connectivity index (χ1n) is 7.20. The molecular formula is C15H21NO4. The normalized spacial score (nSPS) is 19.0. The molecule has 1 atom stereocenters. The number of carboxylic acids is 1. The number of hydrogen-bond donors (Lipinski definition) is 1. The van der Waals surface area contributed by atoms with Gasteiger partial charge in [0.1, 0.15) is 5.76 Å². The molecule has 1 aromatic rings. The van der Waals surface area contributed by atoms with E-state index in [1.54, 1.807) is 6.26 Å². The molecule has 0 spiro atoms. The Morgan fingerprint density at radius 3 is 2.90 bits per heavy atom. The van der Waals surface area contributed by atoms with Crippen LogP contribution in [-0.4, -0.2) is 34.5 Å². The second-order valence-electron chi connectivity index (χ2n) is 5.25. The van der Waals surface area contributed by atoms with Crippen molar-refractivity contribution in [2.45, 2.75) is 51.0 Å². The molecule has 1 fully saturated rings. The fraction of sp³-hybridized carbons (Fsp3) is 0.600. The van der Waals surface area contributed by atoms with E-state index in [9.17, 15) is 9.59 Å². The van der Waals surface area contributed by atoms with Crippen molar-refractivity contribution in [2.24, 2.45) is 0 Å². The first-order valence-corrected chi connectivity index (χ1v) is 7.20. The summed E-state index contributed by atoms with van der Waals surface area (Å²) in [6.45, 7) is 0.751. The van der Waals surface area contributed by atoms with Crippen LogP contribution in [0.25, 0.3) is 0 Å². The van der Waals surface area contributed by atoms with Gasteiger partial charge in [0.25, 0.3) is 0 Å². The Bertz CT molecular complexity index is 441. The van der Waals surface area contributed by atoms with Crippen molar-refractivity contribution in [1.29, 1.82) is 0 Å². The second kappa shape index (κ2) is 7.12. The number of likely N-dealkylation sites (tertiary alicyclic amines) is 1. The van der Waals surface area contributed by atoms with Crippen LogP contribution < -0.4 is 0 Å². The molecule has 1 saturated heterocycles. The van der Waals surface area contributed by atoms with Crippen LogP contribution in [-0.2, 0) is 16.0 Å². The van der Waals surface area contributed by atoms with Gasteiger partial charge in [-0.25, -0.2) is 0 Å². The van der Waals surface area contributed by atoms with E-state index in [1.165, 1.54) is 0 Å². The summed E-state index contributed by atoms with van der Waals surface area (Å²) in [5.41, 5.74) is 0. The summed E-state index contributed by atoms with van der Waals surface area (Å²) in [6.07, 6.45) is 6.33. The molecule has 5 nitrogen and oxygen atoms in total. The maximum absolute atomic E-state index is 12.3. The lowest BCUT2D eigenvalue weighted by Crippen LogP contribution is -2.44. The largest absolute Gasteiger partial charge is 0.481 e. The van der Waals surface area contributed by atoms with E-state index in [-0.39, 0.29) is 18.4 Å². The average molecular weight is 279 g/mol. The van der Waals surface area contributed by atoms with Crippen molar-refractivity contribution in [3.8, 4) is 0 Å². The maximum Gasteiger partial charge on any atom is 0.303 e. The van der Waals surface area contributed by atoms with E-state index >= 15 is 0 Å². The minimum atomic E-state index is -0.793. The fourth-order valence-corrected chi connectivity index (χ4v) is 2.75. The van der Waals surface area contributed by atoms with Gasteiger partial charge in [-0.3, -0.25) is 9.59 Å². The molecule has 0 aromatic carbocycles. The van der Waals surface area contributed by atoms with E-state index < -0.39 is 5.97 Å². The Kier molecular flexibility index (Phi) is 5.21. The van der Waals surface area contributed by atoms with Crippen LogP contribution in [0.15, 0.2) is 22.8 Å². The first-order chi connectivity index (χ1) is 9.66. The summed E-state index contributed by atoms with van der Waals surface area (Å²) >= 11 is 0. The number of carbonyl (C=O) groups is 2. The molecule has 0 aliphatic carbocycles. The van der Waals surface area contributed by atoms with Gasteiger partial charge in [-0.1, -0.05) is 0 Å². The Labute approximate surface area is 118 Å². The second-order valence-corrected chi connectivity index (χ2v) is 5.25. The van der Waals surface area contributed by atoms with E-state index in [4.69, 9.17) is 9.52 Å². The average Bonchev–Trinajstić information content (AvgIpc) is 2.96. The van der Waals surface area contributed by atoms with Gasteiger partial charge in [0.05, 0.1) is 6.26 Å². The van der Waals surface area contributed by atoms with Gasteiger partial charge < -0.3 is 14.4 Å². The molecule has 5 heteroatoms. The molecule has 0 unspecified atom stereocenters. The highest BCUT2D eigenvalue weighted by Crippen LogP contribution is 2.22. The molecule has 1 aromatic heterocycles. The van der Waals surface area contributed by atoms with Crippen LogP contribution in [0.3, 0.4) is 0 Å². The zero-order chi connectivity index (χ0) is 14.4. The van der Waals surface area contributed by atoms with Crippen LogP contribution >= 0.6 is 0 Å². The number of amides is 1. The molecule has 1 aliphatic heterocycles. The number of hydrogen-bond acceptors (Lipinski definition) is 3. The van der Waals surface area contributed by atoms with Crippen molar-refractivity contribution in [3.05, 3.63) is 24.2 Å². The third kappa shape index (κ3) is 4.11. The Hall–Kier alpha value is -1.78. The molecule has 2 heterocycles. The molecule has 20 heavy (non-hydrogen) atoms. The number of nitrogens with zero attached hydrogens (tertiary/aromatic N) is 1. The molecule has 0 bridgehead atoms. The van der Waals surface area contributed by atoms with Gasteiger partial charge in [-0.05, 0) is 37.8 Å². The summed E-state index contributed by atoms with van der Waals surface area (Å²) in [5.74, 6) is 0.132. The topological polar surface area (TPSA) is 70.8 Å². The zero-order valence-electron chi connectivity index (χ0n) is 11.6. The molecule has 1 amide bonds. The van der Waals surface area contributed by atoms with Gasteiger partial charge >= 0.3 is 5.97 Å². The zero-order valence-corrected chi connectivity index (χ0v) is 11.6. The van der Waals surface area contributed by atoms with Gasteiger partial charge in [0.15, 0.2) is 0 Å². The fourth-order valence-electron chi connectivity index (χ4n) is 2.75. The Balaban J connectivity index is 1.86. The number of carboxylic acid groups (broad SMARTS) is 1. The molecule has 2 rings (SSSR count). The number of piperidine rings is 1. The third-order valence-electron chi connectivity index (χ3n) is 3.80. The SMILES string of the molecule is O=C(O)CC[C@H]1CCCCN1C(=O)CCc1ccco1. The Morgan fingerprint density at radius 2 is 2.20 bits per heavy atom. The summed E-state index contributed by atoms with van der Waals surface area (Å²) in [7, 11) is 0. The van der Waals surface area contributed by atoms with E-state index in [1.807, 2.05) is 17.0 Å². The monoisotopic (exact) mass is 279 g/mol. The standard InChI is InChI=1S/C15H21NO4/c17-14(8-7-13-5-3-11-20-13)16-10-2-1-4-12(16)6-9-15(18)19/h3,5,11-12H,1-2,4,6-10H2,(H,18,19)/t12-/m1/s1. The lowest BCUT2D eigenvalue weighted by molar-refractivity contribution is -0.140. The quantitative estimate of drug-likeness (QED) is 0.868. The highest BCUT2D eigenvalue weighted by molar-refractivity contribution is 5.77. The van der Waals surface area contributed by atoms with Crippen LogP contribution in [0.1, 0.15) is 44.3 Å². The predicted octanol–water partition coefficient (Wildman–Crippen LogP) is 2.46. The van der Waals surface area contributed by atoms with E-state index in [0.717, 1.165) is 31.6 Å². The number of rotatable bonds is 6.